The van der Waals surface area contributed by atoms with Gasteiger partial charge in [-0.25, -0.2) is 4.68 Å². The number of halogens is 3. The number of thioether (sulfide) groups is 1. The first-order chi connectivity index (χ1) is 15.1. The molecule has 0 saturated heterocycles. The highest BCUT2D eigenvalue weighted by Crippen LogP contribution is 2.36. The third-order valence-corrected chi connectivity index (χ3v) is 6.10. The minimum Gasteiger partial charge on any atom is -0.496 e. The highest BCUT2D eigenvalue weighted by molar-refractivity contribution is 8.00. The topological polar surface area (TPSA) is 95.1 Å². The summed E-state index contributed by atoms with van der Waals surface area (Å²) in [6, 6.07) is 11.9. The van der Waals surface area contributed by atoms with Crippen LogP contribution in [0.25, 0.3) is 11.4 Å². The third kappa shape index (κ3) is 4.98. The third-order valence-electron chi connectivity index (χ3n) is 4.60. The molecular weight excluding hydrogens is 443 g/mol. The number of nitrogens with two attached hydrogens (primary N) is 1. The zero-order chi connectivity index (χ0) is 23.5. The van der Waals surface area contributed by atoms with Crippen LogP contribution in [0.3, 0.4) is 0 Å². The number of rotatable bonds is 7. The van der Waals surface area contributed by atoms with Gasteiger partial charge in [0.05, 0.1) is 29.2 Å². The van der Waals surface area contributed by atoms with E-state index in [1.807, 2.05) is 0 Å². The van der Waals surface area contributed by atoms with Crippen LogP contribution in [0.1, 0.15) is 19.4 Å². The van der Waals surface area contributed by atoms with Gasteiger partial charge in [0, 0.05) is 0 Å². The van der Waals surface area contributed by atoms with E-state index in [1.54, 1.807) is 38.1 Å². The number of hydrogen-bond acceptors (Lipinski definition) is 6. The average molecular weight is 466 g/mol. The zero-order valence-corrected chi connectivity index (χ0v) is 18.4. The maximum Gasteiger partial charge on any atom is 0.418 e. The van der Waals surface area contributed by atoms with E-state index in [9.17, 15) is 18.0 Å². The van der Waals surface area contributed by atoms with Crippen molar-refractivity contribution in [2.24, 2.45) is 5.92 Å². The number of alkyl halides is 3. The minimum atomic E-state index is -4.59. The molecular formula is C21H22F3N5O2S. The number of nitrogen functional groups attached to an aromatic ring is 1. The number of methoxy groups -OCH3 is 1. The number of nitrogens with zero attached hydrogens (tertiary/aromatic N) is 3. The average Bonchev–Trinajstić information content (AvgIpc) is 3.11. The lowest BCUT2D eigenvalue weighted by Gasteiger charge is -2.21. The van der Waals surface area contributed by atoms with Gasteiger partial charge in [0.1, 0.15) is 5.75 Å². The Morgan fingerprint density at radius 2 is 1.78 bits per heavy atom. The summed E-state index contributed by atoms with van der Waals surface area (Å²) in [5, 5.41) is 10.0. The number of benzene rings is 2. The number of ether oxygens (including phenoxy) is 1. The fraction of sp³-hybridized carbons (Fsp3) is 0.286. The number of carbonyl (C=O) groups excluding carboxylic acids is 1. The Morgan fingerprint density at radius 3 is 2.44 bits per heavy atom. The van der Waals surface area contributed by atoms with E-state index in [2.05, 4.69) is 15.5 Å². The number of hydrogen-bond donors (Lipinski definition) is 2. The van der Waals surface area contributed by atoms with E-state index in [0.717, 1.165) is 17.8 Å². The van der Waals surface area contributed by atoms with Crippen LogP contribution in [0.2, 0.25) is 0 Å². The van der Waals surface area contributed by atoms with Crippen LogP contribution in [-0.2, 0) is 11.0 Å². The Morgan fingerprint density at radius 1 is 1.12 bits per heavy atom. The maximum atomic E-state index is 13.3. The van der Waals surface area contributed by atoms with E-state index in [-0.39, 0.29) is 16.8 Å². The fourth-order valence-electron chi connectivity index (χ4n) is 3.02. The van der Waals surface area contributed by atoms with Crippen molar-refractivity contribution in [2.45, 2.75) is 30.4 Å². The number of carbonyl (C=O) groups is 1. The Labute approximate surface area is 187 Å². The van der Waals surface area contributed by atoms with E-state index in [1.165, 1.54) is 30.0 Å². The second-order valence-corrected chi connectivity index (χ2v) is 8.30. The fourth-order valence-corrected chi connectivity index (χ4v) is 3.97. The summed E-state index contributed by atoms with van der Waals surface area (Å²) in [5.74, 6) is 6.23. The summed E-state index contributed by atoms with van der Waals surface area (Å²) in [7, 11) is 1.52. The quantitative estimate of drug-likeness (QED) is 0.396. The van der Waals surface area contributed by atoms with Crippen LogP contribution < -0.4 is 15.9 Å². The van der Waals surface area contributed by atoms with Crippen molar-refractivity contribution in [3.63, 3.8) is 0 Å². The number of amides is 1. The van der Waals surface area contributed by atoms with Gasteiger partial charge in [-0.2, -0.15) is 13.2 Å². The van der Waals surface area contributed by atoms with Crippen LogP contribution >= 0.6 is 11.8 Å². The van der Waals surface area contributed by atoms with Crippen molar-refractivity contribution in [3.8, 4) is 17.1 Å². The molecule has 1 amide bonds. The van der Waals surface area contributed by atoms with Gasteiger partial charge in [-0.05, 0) is 30.2 Å². The SMILES string of the molecule is COc1ccccc1-c1nnc(SC(C(=O)Nc2ccccc2C(F)(F)F)C(C)C)n1N. The molecule has 7 nitrogen and oxygen atoms in total. The number of para-hydroxylation sites is 2. The van der Waals surface area contributed by atoms with Crippen LogP contribution in [0.15, 0.2) is 53.7 Å². The Balaban J connectivity index is 1.86. The molecule has 1 unspecified atom stereocenters. The van der Waals surface area contributed by atoms with Crippen LogP contribution in [-0.4, -0.2) is 33.1 Å². The van der Waals surface area contributed by atoms with Gasteiger partial charge < -0.3 is 15.9 Å². The zero-order valence-electron chi connectivity index (χ0n) is 17.6. The first-order valence-corrected chi connectivity index (χ1v) is 10.5. The summed E-state index contributed by atoms with van der Waals surface area (Å²) in [5.41, 5.74) is -0.608. The predicted molar refractivity (Wildman–Crippen MR) is 117 cm³/mol. The molecule has 0 fully saturated rings. The lowest BCUT2D eigenvalue weighted by molar-refractivity contribution is -0.137. The number of anilines is 1. The first-order valence-electron chi connectivity index (χ1n) is 9.61. The van der Waals surface area contributed by atoms with Gasteiger partial charge in [0.2, 0.25) is 11.1 Å². The number of aromatic nitrogens is 3. The molecule has 0 saturated carbocycles. The lowest BCUT2D eigenvalue weighted by Crippen LogP contribution is -2.31. The summed E-state index contributed by atoms with van der Waals surface area (Å²) >= 11 is 1.02. The molecule has 1 heterocycles. The van der Waals surface area contributed by atoms with Crippen LogP contribution in [0, 0.1) is 5.92 Å². The number of nitrogens with one attached hydrogen (secondary N) is 1. The van der Waals surface area contributed by atoms with Crippen LogP contribution in [0.5, 0.6) is 5.75 Å². The summed E-state index contributed by atoms with van der Waals surface area (Å²) in [6.45, 7) is 3.57. The van der Waals surface area contributed by atoms with Gasteiger partial charge in [0.15, 0.2) is 5.82 Å². The molecule has 170 valence electrons. The monoisotopic (exact) mass is 465 g/mol. The van der Waals surface area contributed by atoms with E-state index >= 15 is 0 Å². The molecule has 0 aliphatic heterocycles. The maximum absolute atomic E-state index is 13.3. The molecule has 2 aromatic carbocycles. The summed E-state index contributed by atoms with van der Waals surface area (Å²) < 4.78 is 46.4. The van der Waals surface area contributed by atoms with Gasteiger partial charge in [0.25, 0.3) is 0 Å². The van der Waals surface area contributed by atoms with Crippen LogP contribution in [0.4, 0.5) is 18.9 Å². The molecule has 0 radical (unpaired) electrons. The van der Waals surface area contributed by atoms with Crippen molar-refractivity contribution >= 4 is 23.4 Å². The highest BCUT2D eigenvalue weighted by Gasteiger charge is 2.35. The molecule has 3 rings (SSSR count). The molecule has 32 heavy (non-hydrogen) atoms. The molecule has 1 atom stereocenters. The second kappa shape index (κ2) is 9.51. The van der Waals surface area contributed by atoms with Crippen molar-refractivity contribution in [3.05, 3.63) is 54.1 Å². The predicted octanol–water partition coefficient (Wildman–Crippen LogP) is 4.44. The second-order valence-electron chi connectivity index (χ2n) is 7.19. The Kier molecular flexibility index (Phi) is 6.97. The highest BCUT2D eigenvalue weighted by atomic mass is 32.2. The van der Waals surface area contributed by atoms with Gasteiger partial charge >= 0.3 is 6.18 Å². The lowest BCUT2D eigenvalue weighted by atomic mass is 10.1. The Hall–Kier alpha value is -3.21. The van der Waals surface area contributed by atoms with Crippen molar-refractivity contribution in [1.82, 2.24) is 14.9 Å². The largest absolute Gasteiger partial charge is 0.496 e. The molecule has 3 N–H and O–H groups in total. The molecule has 0 bridgehead atoms. The normalized spacial score (nSPS) is 12.6. The van der Waals surface area contributed by atoms with Gasteiger partial charge in [-0.15, -0.1) is 10.2 Å². The molecule has 11 heteroatoms. The molecule has 3 aromatic rings. The summed E-state index contributed by atoms with van der Waals surface area (Å²) in [6.07, 6.45) is -4.59. The van der Waals surface area contributed by atoms with E-state index in [0.29, 0.717) is 17.1 Å². The van der Waals surface area contributed by atoms with Crippen molar-refractivity contribution < 1.29 is 22.7 Å². The van der Waals surface area contributed by atoms with Gasteiger partial charge in [-0.1, -0.05) is 49.9 Å². The first kappa shape index (κ1) is 23.5. The van der Waals surface area contributed by atoms with E-state index < -0.39 is 22.9 Å². The van der Waals surface area contributed by atoms with Crippen molar-refractivity contribution in [1.29, 1.82) is 0 Å². The van der Waals surface area contributed by atoms with Gasteiger partial charge in [-0.3, -0.25) is 4.79 Å². The summed E-state index contributed by atoms with van der Waals surface area (Å²) in [4.78, 5) is 12.9. The Bertz CT molecular complexity index is 1100. The standard InChI is InChI=1S/C21H22F3N5O2S/c1-12(2)17(19(30)26-15-10-6-5-9-14(15)21(22,23)24)32-20-28-27-18(29(20)25)13-8-4-7-11-16(13)31-3/h4-12,17H,25H2,1-3H3,(H,26,30). The van der Waals surface area contributed by atoms with Crippen molar-refractivity contribution in [2.75, 3.05) is 18.3 Å². The minimum absolute atomic E-state index is 0.232. The van der Waals surface area contributed by atoms with E-state index in [4.69, 9.17) is 10.6 Å². The molecule has 0 spiro atoms. The molecule has 0 aliphatic rings. The molecule has 1 aromatic heterocycles. The smallest absolute Gasteiger partial charge is 0.418 e. The molecule has 0 aliphatic carbocycles.